The highest BCUT2D eigenvalue weighted by Crippen LogP contribution is 2.15. The summed E-state index contributed by atoms with van der Waals surface area (Å²) >= 11 is 0. The van der Waals surface area contributed by atoms with Gasteiger partial charge >= 0.3 is 0 Å². The second-order valence-electron chi connectivity index (χ2n) is 1.30. The molecule has 2 unspecified atom stereocenters. The number of ether oxygens (including phenoxy) is 1. The summed E-state index contributed by atoms with van der Waals surface area (Å²) in [7, 11) is 0. The fourth-order valence-electron chi connectivity index (χ4n) is 0.554. The number of hydrogen-bond acceptors (Lipinski definition) is 2. The SMILES string of the molecule is C1=NC2[N]C1O2. The minimum atomic E-state index is -0.116. The zero-order valence-corrected chi connectivity index (χ0v) is 3.03. The first kappa shape index (κ1) is 2.71. The van der Waals surface area contributed by atoms with Crippen LogP contribution in [0.15, 0.2) is 4.99 Å². The molecule has 31 valence electrons. The molecule has 0 amide bonds. The van der Waals surface area contributed by atoms with Gasteiger partial charge in [0.2, 0.25) is 6.35 Å². The van der Waals surface area contributed by atoms with Crippen LogP contribution < -0.4 is 5.32 Å². The first-order chi connectivity index (χ1) is 2.95. The highest BCUT2D eigenvalue weighted by Gasteiger charge is 2.34. The fraction of sp³-hybridized carbons (Fsp3) is 0.667. The van der Waals surface area contributed by atoms with E-state index in [1.54, 1.807) is 6.21 Å². The van der Waals surface area contributed by atoms with Crippen molar-refractivity contribution >= 4 is 6.21 Å². The van der Waals surface area contributed by atoms with Crippen molar-refractivity contribution in [2.45, 2.75) is 12.6 Å². The molecular weight excluding hydrogens is 80.0 g/mol. The summed E-state index contributed by atoms with van der Waals surface area (Å²) < 4.78 is 4.86. The molecule has 0 aromatic rings. The normalized spacial score (nSPS) is 49.3. The van der Waals surface area contributed by atoms with E-state index < -0.39 is 0 Å². The van der Waals surface area contributed by atoms with Crippen molar-refractivity contribution in [2.75, 3.05) is 0 Å². The Bertz CT molecular complexity index is 85.0. The van der Waals surface area contributed by atoms with Crippen molar-refractivity contribution in [3.8, 4) is 0 Å². The molecule has 0 aromatic carbocycles. The van der Waals surface area contributed by atoms with E-state index in [-0.39, 0.29) is 12.6 Å². The quantitative estimate of drug-likeness (QED) is 0.382. The van der Waals surface area contributed by atoms with E-state index in [1.165, 1.54) is 0 Å². The molecule has 1 radical (unpaired) electrons. The predicted octanol–water partition coefficient (Wildman–Crippen LogP) is -0.685. The summed E-state index contributed by atoms with van der Waals surface area (Å²) in [4.78, 5) is 3.80. The molecule has 3 nitrogen and oxygen atoms in total. The highest BCUT2D eigenvalue weighted by atomic mass is 16.6. The Labute approximate surface area is 35.0 Å². The van der Waals surface area contributed by atoms with Gasteiger partial charge in [0.25, 0.3) is 0 Å². The van der Waals surface area contributed by atoms with Crippen LogP contribution in [0.1, 0.15) is 0 Å². The largest absolute Gasteiger partial charge is 0.317 e. The first-order valence-electron chi connectivity index (χ1n) is 1.84. The van der Waals surface area contributed by atoms with Gasteiger partial charge in [-0.1, -0.05) is 0 Å². The Morgan fingerprint density at radius 1 is 1.67 bits per heavy atom. The van der Waals surface area contributed by atoms with E-state index in [0.29, 0.717) is 0 Å². The molecule has 0 saturated carbocycles. The number of aliphatic imine (C=N–C) groups is 1. The Morgan fingerprint density at radius 3 is 2.67 bits per heavy atom. The van der Waals surface area contributed by atoms with Gasteiger partial charge in [-0.25, -0.2) is 4.99 Å². The molecule has 3 aliphatic heterocycles. The van der Waals surface area contributed by atoms with Crippen molar-refractivity contribution in [2.24, 2.45) is 4.99 Å². The van der Waals surface area contributed by atoms with Crippen LogP contribution in [0.2, 0.25) is 0 Å². The van der Waals surface area contributed by atoms with Gasteiger partial charge in [-0.2, -0.15) is 5.32 Å². The number of nitrogens with zero attached hydrogens (tertiary/aromatic N) is 2. The van der Waals surface area contributed by atoms with Gasteiger partial charge in [0.1, 0.15) is 0 Å². The van der Waals surface area contributed by atoms with Crippen LogP contribution in [0.5, 0.6) is 0 Å². The van der Waals surface area contributed by atoms with E-state index in [0.717, 1.165) is 0 Å². The molecule has 0 N–H and O–H groups in total. The van der Waals surface area contributed by atoms with Gasteiger partial charge in [-0.05, 0) is 0 Å². The van der Waals surface area contributed by atoms with Crippen molar-refractivity contribution in [3.05, 3.63) is 0 Å². The van der Waals surface area contributed by atoms with E-state index >= 15 is 0 Å². The van der Waals surface area contributed by atoms with Crippen molar-refractivity contribution < 1.29 is 4.74 Å². The third-order valence-corrected chi connectivity index (χ3v) is 0.877. The van der Waals surface area contributed by atoms with Gasteiger partial charge in [0.05, 0.1) is 0 Å². The van der Waals surface area contributed by atoms with E-state index in [1.807, 2.05) is 0 Å². The van der Waals surface area contributed by atoms with E-state index in [2.05, 4.69) is 10.3 Å². The highest BCUT2D eigenvalue weighted by molar-refractivity contribution is 5.66. The van der Waals surface area contributed by atoms with Gasteiger partial charge < -0.3 is 4.74 Å². The molecule has 2 bridgehead atoms. The Balaban J connectivity index is 2.32. The summed E-state index contributed by atoms with van der Waals surface area (Å²) in [5.74, 6) is 0. The maximum atomic E-state index is 4.86. The number of rotatable bonds is 0. The maximum absolute atomic E-state index is 4.86. The van der Waals surface area contributed by atoms with Crippen LogP contribution in [-0.2, 0) is 4.74 Å². The smallest absolute Gasteiger partial charge is 0.224 e. The molecule has 0 aliphatic carbocycles. The van der Waals surface area contributed by atoms with Crippen LogP contribution >= 0.6 is 0 Å². The molecule has 3 rings (SSSR count). The molecule has 3 aliphatic rings. The predicted molar refractivity (Wildman–Crippen MR) is 19.3 cm³/mol. The van der Waals surface area contributed by atoms with E-state index in [4.69, 9.17) is 4.74 Å². The summed E-state index contributed by atoms with van der Waals surface area (Å²) in [6, 6.07) is 0. The summed E-state index contributed by atoms with van der Waals surface area (Å²) in [6.45, 7) is 0. The van der Waals surface area contributed by atoms with Gasteiger partial charge in [0, 0.05) is 6.21 Å². The summed E-state index contributed by atoms with van der Waals surface area (Å²) in [5.41, 5.74) is 0. The van der Waals surface area contributed by atoms with Crippen LogP contribution in [0.4, 0.5) is 0 Å². The lowest BCUT2D eigenvalue weighted by atomic mass is 10.6. The Hall–Kier alpha value is -0.410. The average molecular weight is 83.1 g/mol. The van der Waals surface area contributed by atoms with Crippen LogP contribution in [0.25, 0.3) is 0 Å². The van der Waals surface area contributed by atoms with Crippen molar-refractivity contribution in [3.63, 3.8) is 0 Å². The lowest BCUT2D eigenvalue weighted by Crippen LogP contribution is -2.42. The minimum Gasteiger partial charge on any atom is -0.317 e. The zero-order chi connectivity index (χ0) is 3.98. The minimum absolute atomic E-state index is 0.0231. The number of hydrogen-bond donors (Lipinski definition) is 0. The van der Waals surface area contributed by atoms with Gasteiger partial charge in [0.15, 0.2) is 6.23 Å². The fourth-order valence-corrected chi connectivity index (χ4v) is 0.554. The zero-order valence-electron chi connectivity index (χ0n) is 3.03. The second kappa shape index (κ2) is 0.643. The second-order valence-corrected chi connectivity index (χ2v) is 1.30. The topological polar surface area (TPSA) is 35.7 Å². The molecule has 1 fully saturated rings. The van der Waals surface area contributed by atoms with Crippen LogP contribution in [0.3, 0.4) is 0 Å². The first-order valence-corrected chi connectivity index (χ1v) is 1.84. The third-order valence-electron chi connectivity index (χ3n) is 0.877. The molecular formula is C3H3N2O. The molecule has 2 atom stereocenters. The standard InChI is InChI=1S/C3H3N2O/c1-2-5-3(4-1)6-2/h1-3H. The summed E-state index contributed by atoms with van der Waals surface area (Å²) in [6.07, 6.45) is 1.62. The summed E-state index contributed by atoms with van der Waals surface area (Å²) in [5, 5.41) is 3.89. The lowest BCUT2D eigenvalue weighted by molar-refractivity contribution is -0.101. The van der Waals surface area contributed by atoms with Gasteiger partial charge in [-0.15, -0.1) is 0 Å². The monoisotopic (exact) mass is 83.0 g/mol. The van der Waals surface area contributed by atoms with Crippen LogP contribution in [-0.4, -0.2) is 18.8 Å². The molecule has 0 aromatic heterocycles. The van der Waals surface area contributed by atoms with Gasteiger partial charge in [-0.3, -0.25) is 0 Å². The average Bonchev–Trinajstić information content (AvgIpc) is 1.72. The third kappa shape index (κ3) is 0.152. The molecule has 6 heavy (non-hydrogen) atoms. The van der Waals surface area contributed by atoms with Crippen molar-refractivity contribution in [1.82, 2.24) is 5.32 Å². The molecule has 3 heterocycles. The van der Waals surface area contributed by atoms with E-state index in [9.17, 15) is 0 Å². The lowest BCUT2D eigenvalue weighted by Gasteiger charge is -2.20. The molecule has 0 spiro atoms. The molecule has 1 saturated heterocycles. The molecule has 3 heteroatoms. The van der Waals surface area contributed by atoms with Crippen molar-refractivity contribution in [1.29, 1.82) is 0 Å². The Kier molecular flexibility index (Phi) is 0.291. The maximum Gasteiger partial charge on any atom is 0.224 e. The van der Waals surface area contributed by atoms with Crippen LogP contribution in [0, 0.1) is 0 Å². The Morgan fingerprint density at radius 2 is 2.50 bits per heavy atom.